The van der Waals surface area contributed by atoms with Gasteiger partial charge in [-0.15, -0.1) is 0 Å². The number of aryl methyl sites for hydroxylation is 1. The molecule has 1 aliphatic rings. The van der Waals surface area contributed by atoms with E-state index < -0.39 is 4.92 Å². The maximum atomic E-state index is 12.8. The fourth-order valence-electron chi connectivity index (χ4n) is 3.00. The molecule has 0 fully saturated rings. The fraction of sp³-hybridized carbons (Fsp3) is 0.368. The highest BCUT2D eigenvalue weighted by atomic mass is 16.6. The third-order valence-electron chi connectivity index (χ3n) is 4.57. The highest BCUT2D eigenvalue weighted by molar-refractivity contribution is 6.13. The summed E-state index contributed by atoms with van der Waals surface area (Å²) in [7, 11) is 5.54. The van der Waals surface area contributed by atoms with E-state index in [1.165, 1.54) is 10.8 Å². The number of hydrogen-bond donors (Lipinski definition) is 0. The first-order valence-corrected chi connectivity index (χ1v) is 8.68. The summed E-state index contributed by atoms with van der Waals surface area (Å²) < 4.78 is 7.11. The number of imidazole rings is 1. The Morgan fingerprint density at radius 1 is 1.37 bits per heavy atom. The normalized spacial score (nSPS) is 15.3. The van der Waals surface area contributed by atoms with Gasteiger partial charge in [0.05, 0.1) is 7.05 Å². The lowest BCUT2D eigenvalue weighted by Crippen LogP contribution is -2.20. The summed E-state index contributed by atoms with van der Waals surface area (Å²) in [5.74, 6) is 0.986. The van der Waals surface area contributed by atoms with Crippen LogP contribution >= 0.6 is 0 Å². The van der Waals surface area contributed by atoms with Crippen LogP contribution in [-0.2, 0) is 13.5 Å². The van der Waals surface area contributed by atoms with Crippen LogP contribution in [-0.4, -0.2) is 52.4 Å². The third-order valence-corrected chi connectivity index (χ3v) is 4.57. The van der Waals surface area contributed by atoms with Crippen LogP contribution in [0, 0.1) is 10.1 Å². The van der Waals surface area contributed by atoms with Crippen LogP contribution in [0.4, 0.5) is 5.82 Å². The fourth-order valence-corrected chi connectivity index (χ4v) is 3.00. The lowest BCUT2D eigenvalue weighted by molar-refractivity contribution is -0.391. The largest absolute Gasteiger partial charge is 0.492 e. The topological polar surface area (TPSA) is 90.5 Å². The number of allylic oxidation sites excluding steroid dienone is 1. The zero-order valence-corrected chi connectivity index (χ0v) is 15.6. The molecule has 0 N–H and O–H groups in total. The molecule has 1 aliphatic carbocycles. The first kappa shape index (κ1) is 18.8. The summed E-state index contributed by atoms with van der Waals surface area (Å²) in [4.78, 5) is 29.3. The Balaban J connectivity index is 1.79. The van der Waals surface area contributed by atoms with Crippen molar-refractivity contribution in [2.24, 2.45) is 7.05 Å². The number of rotatable bonds is 6. The molecule has 0 saturated carbocycles. The van der Waals surface area contributed by atoms with Crippen molar-refractivity contribution in [2.45, 2.75) is 12.8 Å². The number of benzene rings is 1. The summed E-state index contributed by atoms with van der Waals surface area (Å²) >= 11 is 0. The van der Waals surface area contributed by atoms with Gasteiger partial charge in [0.1, 0.15) is 18.6 Å². The summed E-state index contributed by atoms with van der Waals surface area (Å²) in [6, 6.07) is 5.52. The van der Waals surface area contributed by atoms with E-state index in [0.29, 0.717) is 36.4 Å². The van der Waals surface area contributed by atoms with Crippen LogP contribution in [0.15, 0.2) is 30.0 Å². The number of nitro groups is 1. The molecule has 0 saturated heterocycles. The van der Waals surface area contributed by atoms with Crippen molar-refractivity contribution in [1.82, 2.24) is 14.5 Å². The van der Waals surface area contributed by atoms with Crippen molar-refractivity contribution < 1.29 is 14.5 Å². The molecule has 1 heterocycles. The van der Waals surface area contributed by atoms with Crippen molar-refractivity contribution in [3.05, 3.63) is 57.0 Å². The Kier molecular flexibility index (Phi) is 5.36. The predicted molar refractivity (Wildman–Crippen MR) is 101 cm³/mol. The van der Waals surface area contributed by atoms with E-state index in [1.807, 2.05) is 25.1 Å². The van der Waals surface area contributed by atoms with Gasteiger partial charge >= 0.3 is 5.82 Å². The summed E-state index contributed by atoms with van der Waals surface area (Å²) in [6.07, 6.45) is 4.11. The minimum atomic E-state index is -0.495. The smallest absolute Gasteiger partial charge is 0.342 e. The van der Waals surface area contributed by atoms with E-state index in [9.17, 15) is 14.9 Å². The molecular formula is C19H22N4O4. The molecule has 0 bridgehead atoms. The number of ketones is 1. The molecule has 0 atom stereocenters. The molecule has 3 rings (SSSR count). The van der Waals surface area contributed by atoms with Crippen molar-refractivity contribution in [2.75, 3.05) is 27.2 Å². The number of ether oxygens (including phenoxy) is 1. The maximum Gasteiger partial charge on any atom is 0.342 e. The molecule has 2 aromatic rings. The number of carbonyl (C=O) groups is 1. The number of likely N-dealkylation sites (N-methyl/N-ethyl adjacent to an activating group) is 1. The first-order valence-electron chi connectivity index (χ1n) is 8.68. The summed E-state index contributed by atoms with van der Waals surface area (Å²) in [5, 5.41) is 10.9. The lowest BCUT2D eigenvalue weighted by Gasteiger charge is -2.18. The van der Waals surface area contributed by atoms with Gasteiger partial charge < -0.3 is 19.8 Å². The number of aromatic nitrogens is 2. The van der Waals surface area contributed by atoms with Crippen LogP contribution in [0.25, 0.3) is 6.08 Å². The second kappa shape index (κ2) is 7.71. The summed E-state index contributed by atoms with van der Waals surface area (Å²) in [5.41, 5.74) is 2.22. The third kappa shape index (κ3) is 4.06. The van der Waals surface area contributed by atoms with E-state index in [2.05, 4.69) is 4.98 Å². The highest BCUT2D eigenvalue weighted by Crippen LogP contribution is 2.29. The second-order valence-electron chi connectivity index (χ2n) is 6.76. The molecule has 8 nitrogen and oxygen atoms in total. The molecule has 0 unspecified atom stereocenters. The van der Waals surface area contributed by atoms with Gasteiger partial charge in [-0.25, -0.2) is 9.55 Å². The molecule has 8 heteroatoms. The Morgan fingerprint density at radius 2 is 2.15 bits per heavy atom. The SMILES string of the molecule is CN(C)CCOc1ccc2c(c1)CC/C(=C\c1ncc([N+](=O)[O-])n1C)C2=O. The van der Waals surface area contributed by atoms with Gasteiger partial charge in [-0.3, -0.25) is 4.79 Å². The van der Waals surface area contributed by atoms with Gasteiger partial charge in [0.15, 0.2) is 5.78 Å². The number of nitrogens with zero attached hydrogens (tertiary/aromatic N) is 4. The van der Waals surface area contributed by atoms with Crippen molar-refractivity contribution in [1.29, 1.82) is 0 Å². The molecule has 0 aliphatic heterocycles. The van der Waals surface area contributed by atoms with Crippen LogP contribution in [0.3, 0.4) is 0 Å². The average Bonchev–Trinajstić information content (AvgIpc) is 2.98. The molecule has 0 spiro atoms. The summed E-state index contributed by atoms with van der Waals surface area (Å²) in [6.45, 7) is 1.40. The van der Waals surface area contributed by atoms with E-state index in [0.717, 1.165) is 17.9 Å². The Hall–Kier alpha value is -3.00. The number of Topliss-reactive ketones (excluding diaryl/α,β-unsaturated/α-hetero) is 1. The minimum Gasteiger partial charge on any atom is -0.492 e. The van der Waals surface area contributed by atoms with Crippen LogP contribution in [0.1, 0.15) is 28.2 Å². The molecule has 0 amide bonds. The van der Waals surface area contributed by atoms with Crippen LogP contribution in [0.5, 0.6) is 5.75 Å². The molecule has 0 radical (unpaired) electrons. The zero-order valence-electron chi connectivity index (χ0n) is 15.6. The van der Waals surface area contributed by atoms with Gasteiger partial charge in [0, 0.05) is 23.8 Å². The minimum absolute atomic E-state index is 0.0678. The zero-order chi connectivity index (χ0) is 19.6. The van der Waals surface area contributed by atoms with E-state index >= 15 is 0 Å². The highest BCUT2D eigenvalue weighted by Gasteiger charge is 2.24. The van der Waals surface area contributed by atoms with Crippen molar-refractivity contribution >= 4 is 17.7 Å². The number of fused-ring (bicyclic) bond motifs is 1. The van der Waals surface area contributed by atoms with Gasteiger partial charge in [-0.1, -0.05) is 0 Å². The first-order chi connectivity index (χ1) is 12.9. The van der Waals surface area contributed by atoms with Crippen molar-refractivity contribution in [3.8, 4) is 5.75 Å². The van der Waals surface area contributed by atoms with Crippen molar-refractivity contribution in [3.63, 3.8) is 0 Å². The Labute approximate surface area is 157 Å². The van der Waals surface area contributed by atoms with Gasteiger partial charge in [0.25, 0.3) is 0 Å². The maximum absolute atomic E-state index is 12.8. The number of hydrogen-bond acceptors (Lipinski definition) is 6. The van der Waals surface area contributed by atoms with Gasteiger partial charge in [0.2, 0.25) is 5.82 Å². The van der Waals surface area contributed by atoms with E-state index in [4.69, 9.17) is 4.74 Å². The Morgan fingerprint density at radius 3 is 2.81 bits per heavy atom. The van der Waals surface area contributed by atoms with Gasteiger partial charge in [-0.05, 0) is 55.6 Å². The van der Waals surface area contributed by atoms with Gasteiger partial charge in [-0.2, -0.15) is 0 Å². The molecular weight excluding hydrogens is 348 g/mol. The Bertz CT molecular complexity index is 914. The van der Waals surface area contributed by atoms with Crippen LogP contribution in [0.2, 0.25) is 0 Å². The predicted octanol–water partition coefficient (Wildman–Crippen LogP) is 2.48. The molecule has 27 heavy (non-hydrogen) atoms. The second-order valence-corrected chi connectivity index (χ2v) is 6.76. The van der Waals surface area contributed by atoms with E-state index in [-0.39, 0.29) is 11.6 Å². The molecule has 1 aromatic carbocycles. The lowest BCUT2D eigenvalue weighted by atomic mass is 9.86. The molecule has 1 aromatic heterocycles. The number of carbonyl (C=O) groups excluding carboxylic acids is 1. The average molecular weight is 370 g/mol. The quantitative estimate of drug-likeness (QED) is 0.441. The monoisotopic (exact) mass is 370 g/mol. The molecule has 142 valence electrons. The van der Waals surface area contributed by atoms with Crippen LogP contribution < -0.4 is 4.74 Å². The van der Waals surface area contributed by atoms with E-state index in [1.54, 1.807) is 25.3 Å². The standard InChI is InChI=1S/C19H22N4O4/c1-21(2)8-9-27-15-6-7-16-13(10-15)4-5-14(19(16)24)11-17-20-12-18(22(17)3)23(25)26/h6-7,10-12H,4-5,8-9H2,1-3H3/b14-11+.